The molecule has 0 N–H and O–H groups in total. The van der Waals surface area contributed by atoms with Crippen LogP contribution < -0.4 is 0 Å². The summed E-state index contributed by atoms with van der Waals surface area (Å²) in [6.45, 7) is 4.39. The van der Waals surface area contributed by atoms with E-state index in [1.165, 1.54) is 16.7 Å². The number of hydrogen-bond donors (Lipinski definition) is 0. The van der Waals surface area contributed by atoms with Crippen molar-refractivity contribution >= 4 is 63.9 Å². The molecular weight excluding hydrogens is 458 g/mol. The first kappa shape index (κ1) is 23.6. The molecule has 1 aromatic carbocycles. The largest absolute Gasteiger partial charge is 0.450 e. The molecule has 0 unspecified atom stereocenters. The maximum absolute atomic E-state index is 12.7. The van der Waals surface area contributed by atoms with Gasteiger partial charge in [0.25, 0.3) is 5.91 Å². The molecule has 2 heterocycles. The highest BCUT2D eigenvalue weighted by atomic mass is 35.5. The summed E-state index contributed by atoms with van der Waals surface area (Å²) in [5.41, 5.74) is 0.766. The van der Waals surface area contributed by atoms with Crippen molar-refractivity contribution in [3.63, 3.8) is 0 Å². The fraction of sp³-hybridized carbons (Fsp3) is 0.429. The van der Waals surface area contributed by atoms with Crippen molar-refractivity contribution in [2.75, 3.05) is 39.3 Å². The molecule has 0 radical (unpaired) electrons. The lowest BCUT2D eigenvalue weighted by atomic mass is 10.2. The van der Waals surface area contributed by atoms with Gasteiger partial charge in [0.15, 0.2) is 0 Å². The van der Waals surface area contributed by atoms with Crippen LogP contribution >= 0.6 is 35.6 Å². The summed E-state index contributed by atoms with van der Waals surface area (Å²) in [4.78, 5) is 42.4. The SMILES string of the molecule is CCOC(=O)N1CCN(C(=O)CCCN2C(=O)/C(=C/c3ccccc3Cl)SC2=S)CC1. The van der Waals surface area contributed by atoms with Crippen LogP contribution in [0.15, 0.2) is 29.2 Å². The molecule has 0 spiro atoms. The van der Waals surface area contributed by atoms with Crippen LogP contribution in [0.1, 0.15) is 25.3 Å². The lowest BCUT2D eigenvalue weighted by molar-refractivity contribution is -0.133. The van der Waals surface area contributed by atoms with E-state index in [0.29, 0.717) is 66.4 Å². The van der Waals surface area contributed by atoms with E-state index in [0.717, 1.165) is 5.56 Å². The summed E-state index contributed by atoms with van der Waals surface area (Å²) >= 11 is 12.8. The molecule has 2 aliphatic rings. The van der Waals surface area contributed by atoms with E-state index < -0.39 is 0 Å². The zero-order valence-electron chi connectivity index (χ0n) is 17.2. The topological polar surface area (TPSA) is 70.2 Å². The third kappa shape index (κ3) is 5.99. The molecule has 2 fully saturated rings. The average molecular weight is 482 g/mol. The summed E-state index contributed by atoms with van der Waals surface area (Å²) in [7, 11) is 0. The summed E-state index contributed by atoms with van der Waals surface area (Å²) < 4.78 is 5.48. The minimum Gasteiger partial charge on any atom is -0.450 e. The van der Waals surface area contributed by atoms with Gasteiger partial charge < -0.3 is 14.5 Å². The molecule has 7 nitrogen and oxygen atoms in total. The lowest BCUT2D eigenvalue weighted by Crippen LogP contribution is -2.50. The van der Waals surface area contributed by atoms with Crippen LogP contribution in [-0.4, -0.2) is 76.3 Å². The number of benzene rings is 1. The van der Waals surface area contributed by atoms with Crippen LogP contribution in [0.2, 0.25) is 5.02 Å². The highest BCUT2D eigenvalue weighted by Gasteiger charge is 2.32. The molecule has 166 valence electrons. The fourth-order valence-corrected chi connectivity index (χ4v) is 4.82. The molecule has 0 atom stereocenters. The number of piperazine rings is 1. The molecule has 0 saturated carbocycles. The number of amides is 3. The van der Waals surface area contributed by atoms with E-state index in [2.05, 4.69) is 0 Å². The number of carbonyl (C=O) groups excluding carboxylic acids is 3. The van der Waals surface area contributed by atoms with Crippen LogP contribution in [0.25, 0.3) is 6.08 Å². The number of nitrogens with zero attached hydrogens (tertiary/aromatic N) is 3. The number of hydrogen-bond acceptors (Lipinski definition) is 6. The first-order valence-electron chi connectivity index (χ1n) is 10.1. The van der Waals surface area contributed by atoms with Crippen molar-refractivity contribution < 1.29 is 19.1 Å². The molecule has 10 heteroatoms. The maximum atomic E-state index is 12.7. The Morgan fingerprint density at radius 1 is 1.19 bits per heavy atom. The van der Waals surface area contributed by atoms with Gasteiger partial charge in [0.1, 0.15) is 4.32 Å². The summed E-state index contributed by atoms with van der Waals surface area (Å²) in [6.07, 6.45) is 2.24. The summed E-state index contributed by atoms with van der Waals surface area (Å²) in [6, 6.07) is 7.30. The molecule has 0 aromatic heterocycles. The minimum atomic E-state index is -0.339. The Morgan fingerprint density at radius 2 is 1.87 bits per heavy atom. The Balaban J connectivity index is 1.47. The van der Waals surface area contributed by atoms with Crippen molar-refractivity contribution in [3.05, 3.63) is 39.8 Å². The van der Waals surface area contributed by atoms with Gasteiger partial charge in [-0.05, 0) is 31.1 Å². The van der Waals surface area contributed by atoms with E-state index in [1.807, 2.05) is 18.2 Å². The molecule has 3 amide bonds. The fourth-order valence-electron chi connectivity index (χ4n) is 3.33. The maximum Gasteiger partial charge on any atom is 0.409 e. The second-order valence-corrected chi connectivity index (χ2v) is 9.11. The predicted octanol–water partition coefficient (Wildman–Crippen LogP) is 3.62. The van der Waals surface area contributed by atoms with E-state index in [1.54, 1.807) is 28.9 Å². The van der Waals surface area contributed by atoms with Gasteiger partial charge in [-0.3, -0.25) is 14.5 Å². The number of rotatable bonds is 6. The molecule has 0 aliphatic carbocycles. The average Bonchev–Trinajstić information content (AvgIpc) is 3.03. The van der Waals surface area contributed by atoms with Crippen LogP contribution in [0.3, 0.4) is 0 Å². The zero-order valence-corrected chi connectivity index (χ0v) is 19.6. The Hall–Kier alpha value is -2.10. The smallest absolute Gasteiger partial charge is 0.409 e. The molecule has 3 rings (SSSR count). The second-order valence-electron chi connectivity index (χ2n) is 7.03. The van der Waals surface area contributed by atoms with E-state index in [-0.39, 0.29) is 17.9 Å². The molecule has 2 saturated heterocycles. The monoisotopic (exact) mass is 481 g/mol. The molecule has 1 aromatic rings. The van der Waals surface area contributed by atoms with Crippen molar-refractivity contribution in [2.45, 2.75) is 19.8 Å². The van der Waals surface area contributed by atoms with Crippen LogP contribution in [0.4, 0.5) is 4.79 Å². The summed E-state index contributed by atoms with van der Waals surface area (Å²) in [5.74, 6) is -0.147. The summed E-state index contributed by atoms with van der Waals surface area (Å²) in [5, 5.41) is 0.571. The standard InChI is InChI=1S/C21H24ClN3O4S2/c1-2-29-20(28)24-12-10-23(11-13-24)18(26)8-5-9-25-19(27)17(31-21(25)30)14-15-6-3-4-7-16(15)22/h3-4,6-7,14H,2,5,8-13H2,1H3/b17-14-. The van der Waals surface area contributed by atoms with Gasteiger partial charge in [-0.1, -0.05) is 53.8 Å². The van der Waals surface area contributed by atoms with Gasteiger partial charge in [-0.2, -0.15) is 0 Å². The van der Waals surface area contributed by atoms with Gasteiger partial charge in [0.2, 0.25) is 5.91 Å². The Kier molecular flexibility index (Phi) is 8.34. The first-order valence-corrected chi connectivity index (χ1v) is 11.7. The highest BCUT2D eigenvalue weighted by molar-refractivity contribution is 8.26. The van der Waals surface area contributed by atoms with Gasteiger partial charge >= 0.3 is 6.09 Å². The van der Waals surface area contributed by atoms with E-state index >= 15 is 0 Å². The van der Waals surface area contributed by atoms with Crippen LogP contribution in [-0.2, 0) is 14.3 Å². The normalized spacial score (nSPS) is 18.1. The Labute approximate surface area is 196 Å². The van der Waals surface area contributed by atoms with Gasteiger partial charge in [-0.15, -0.1) is 0 Å². The van der Waals surface area contributed by atoms with Gasteiger partial charge in [0.05, 0.1) is 11.5 Å². The van der Waals surface area contributed by atoms with Crippen molar-refractivity contribution in [1.29, 1.82) is 0 Å². The van der Waals surface area contributed by atoms with Crippen LogP contribution in [0.5, 0.6) is 0 Å². The number of carbonyl (C=O) groups is 3. The zero-order chi connectivity index (χ0) is 22.4. The highest BCUT2D eigenvalue weighted by Crippen LogP contribution is 2.33. The number of thiocarbonyl (C=S) groups is 1. The quantitative estimate of drug-likeness (QED) is 0.456. The number of thioether (sulfide) groups is 1. The third-order valence-electron chi connectivity index (χ3n) is 5.00. The van der Waals surface area contributed by atoms with Gasteiger partial charge in [-0.25, -0.2) is 4.79 Å². The van der Waals surface area contributed by atoms with E-state index in [4.69, 9.17) is 28.6 Å². The second kappa shape index (κ2) is 11.0. The number of halogens is 1. The van der Waals surface area contributed by atoms with Gasteiger partial charge in [0, 0.05) is 44.2 Å². The predicted molar refractivity (Wildman–Crippen MR) is 126 cm³/mol. The Bertz CT molecular complexity index is 900. The van der Waals surface area contributed by atoms with Crippen molar-refractivity contribution in [2.24, 2.45) is 0 Å². The lowest BCUT2D eigenvalue weighted by Gasteiger charge is -2.34. The number of ether oxygens (including phenoxy) is 1. The molecule has 31 heavy (non-hydrogen) atoms. The Morgan fingerprint density at radius 3 is 2.55 bits per heavy atom. The third-order valence-corrected chi connectivity index (χ3v) is 6.72. The first-order chi connectivity index (χ1) is 14.9. The van der Waals surface area contributed by atoms with Crippen molar-refractivity contribution in [1.82, 2.24) is 14.7 Å². The van der Waals surface area contributed by atoms with E-state index in [9.17, 15) is 14.4 Å². The molecule has 0 bridgehead atoms. The molecule has 2 aliphatic heterocycles. The van der Waals surface area contributed by atoms with Crippen molar-refractivity contribution in [3.8, 4) is 0 Å². The molecular formula is C21H24ClN3O4S2. The minimum absolute atomic E-state index is 0.0144. The van der Waals surface area contributed by atoms with Crippen LogP contribution in [0, 0.1) is 0 Å².